The van der Waals surface area contributed by atoms with E-state index in [0.717, 1.165) is 17.5 Å². The Labute approximate surface area is 255 Å². The zero-order valence-corrected chi connectivity index (χ0v) is 25.0. The molecule has 0 bridgehead atoms. The van der Waals surface area contributed by atoms with Crippen LogP contribution in [0, 0.1) is 5.82 Å². The van der Waals surface area contributed by atoms with Gasteiger partial charge in [-0.15, -0.1) is 12.4 Å². The van der Waals surface area contributed by atoms with Gasteiger partial charge in [-0.25, -0.2) is 9.18 Å². The van der Waals surface area contributed by atoms with Crippen molar-refractivity contribution in [2.45, 2.75) is 50.2 Å². The minimum Gasteiger partial charge on any atom is -0.438 e. The highest BCUT2D eigenvalue weighted by atomic mass is 35.5. The van der Waals surface area contributed by atoms with Gasteiger partial charge in [0.25, 0.3) is 0 Å². The molecule has 10 heteroatoms. The molecular weight excluding hydrogens is 588 g/mol. The lowest BCUT2D eigenvalue weighted by Gasteiger charge is -2.44. The highest BCUT2D eigenvalue weighted by molar-refractivity contribution is 6.42. The van der Waals surface area contributed by atoms with Crippen molar-refractivity contribution in [3.8, 4) is 0 Å². The number of hydrogen-bond donors (Lipinski definition) is 2. The number of halogens is 4. The topological polar surface area (TPSA) is 70.7 Å². The molecular formula is C31H33Cl3FN3O3. The van der Waals surface area contributed by atoms with E-state index < -0.39 is 17.6 Å². The predicted molar refractivity (Wildman–Crippen MR) is 163 cm³/mol. The van der Waals surface area contributed by atoms with Crippen LogP contribution in [0.1, 0.15) is 48.8 Å². The van der Waals surface area contributed by atoms with Crippen molar-refractivity contribution in [2.75, 3.05) is 25.0 Å². The number of likely N-dealkylation sites (tertiary alicyclic amines) is 1. The zero-order valence-electron chi connectivity index (χ0n) is 22.7. The molecule has 3 aromatic carbocycles. The van der Waals surface area contributed by atoms with E-state index in [-0.39, 0.29) is 30.2 Å². The van der Waals surface area contributed by atoms with Crippen LogP contribution in [-0.2, 0) is 21.6 Å². The maximum Gasteiger partial charge on any atom is 0.412 e. The fraction of sp³-hybridized carbons (Fsp3) is 0.355. The number of fused-ring (bicyclic) bond motifs is 2. The number of carbonyl (C=O) groups excluding carboxylic acids is 2. The van der Waals surface area contributed by atoms with E-state index in [1.807, 2.05) is 31.2 Å². The number of ether oxygens (including phenoxy) is 1. The average Bonchev–Trinajstić information content (AvgIpc) is 2.93. The maximum absolute atomic E-state index is 14.1. The van der Waals surface area contributed by atoms with Crippen LogP contribution in [0.3, 0.4) is 0 Å². The molecule has 1 fully saturated rings. The molecule has 0 radical (unpaired) electrons. The van der Waals surface area contributed by atoms with Crippen molar-refractivity contribution in [3.63, 3.8) is 0 Å². The second-order valence-electron chi connectivity index (χ2n) is 10.7. The van der Waals surface area contributed by atoms with Crippen molar-refractivity contribution in [1.29, 1.82) is 0 Å². The molecule has 0 saturated carbocycles. The Bertz CT molecular complexity index is 1380. The zero-order chi connectivity index (χ0) is 28.3. The van der Waals surface area contributed by atoms with Crippen molar-refractivity contribution < 1.29 is 18.7 Å². The standard InChI is InChI=1S/C31H32Cl2FN3O3.ClH/c1-20(17-21-5-3-2-4-6-21)35-29(38)24(22-7-9-26(32)27(33)18-22)11-14-37-15-12-31(13-16-37)25-19-23(34)8-10-28(25)36-30(39)40-31;/h2-10,18-20,24H,11-17H2,1H3,(H,35,38)(H,36,39);1H/t20-,24-;/m1./s1. The van der Waals surface area contributed by atoms with E-state index in [4.69, 9.17) is 27.9 Å². The lowest BCUT2D eigenvalue weighted by molar-refractivity contribution is -0.123. The van der Waals surface area contributed by atoms with Crippen LogP contribution in [0.4, 0.5) is 14.9 Å². The second-order valence-corrected chi connectivity index (χ2v) is 11.5. The van der Waals surface area contributed by atoms with Crippen molar-refractivity contribution in [3.05, 3.63) is 99.3 Å². The van der Waals surface area contributed by atoms with Crippen LogP contribution in [0.5, 0.6) is 0 Å². The monoisotopic (exact) mass is 619 g/mol. The number of amides is 2. The highest BCUT2D eigenvalue weighted by Gasteiger charge is 2.44. The summed E-state index contributed by atoms with van der Waals surface area (Å²) in [7, 11) is 0. The molecule has 5 rings (SSSR count). The Morgan fingerprint density at radius 2 is 1.80 bits per heavy atom. The van der Waals surface area contributed by atoms with Crippen LogP contribution in [0.25, 0.3) is 0 Å². The lowest BCUT2D eigenvalue weighted by atomic mass is 9.82. The summed E-state index contributed by atoms with van der Waals surface area (Å²) < 4.78 is 19.8. The number of hydrogen-bond acceptors (Lipinski definition) is 4. The fourth-order valence-corrected chi connectivity index (χ4v) is 6.04. The number of benzene rings is 3. The van der Waals surface area contributed by atoms with Crippen LogP contribution < -0.4 is 10.6 Å². The molecule has 3 aromatic rings. The van der Waals surface area contributed by atoms with E-state index in [0.29, 0.717) is 60.2 Å². The molecule has 0 unspecified atom stereocenters. The SMILES string of the molecule is C[C@H](Cc1ccccc1)NC(=O)[C@H](CCN1CCC2(CC1)OC(=O)Nc1ccc(F)cc12)c1ccc(Cl)c(Cl)c1.Cl. The number of piperidine rings is 1. The summed E-state index contributed by atoms with van der Waals surface area (Å²) in [5.41, 5.74) is 2.37. The molecule has 1 spiro atoms. The van der Waals surface area contributed by atoms with Crippen LogP contribution in [0.15, 0.2) is 66.7 Å². The number of anilines is 1. The van der Waals surface area contributed by atoms with E-state index in [2.05, 4.69) is 27.7 Å². The average molecular weight is 621 g/mol. The van der Waals surface area contributed by atoms with Gasteiger partial charge in [-0.3, -0.25) is 10.1 Å². The van der Waals surface area contributed by atoms with Gasteiger partial charge in [0.05, 0.1) is 21.7 Å². The Balaban J connectivity index is 0.00000387. The summed E-state index contributed by atoms with van der Waals surface area (Å²) in [4.78, 5) is 28.1. The van der Waals surface area contributed by atoms with Gasteiger partial charge >= 0.3 is 6.09 Å². The first-order chi connectivity index (χ1) is 19.2. The normalized spacial score (nSPS) is 17.4. The lowest BCUT2D eigenvalue weighted by Crippen LogP contribution is -2.48. The minimum absolute atomic E-state index is 0. The van der Waals surface area contributed by atoms with E-state index in [1.54, 1.807) is 18.2 Å². The number of nitrogens with zero attached hydrogens (tertiary/aromatic N) is 1. The predicted octanol–water partition coefficient (Wildman–Crippen LogP) is 7.33. The van der Waals surface area contributed by atoms with Crippen molar-refractivity contribution >= 4 is 53.3 Å². The molecule has 2 atom stereocenters. The summed E-state index contributed by atoms with van der Waals surface area (Å²) >= 11 is 12.5. The molecule has 2 aliphatic rings. The Kier molecular flexibility index (Phi) is 10.2. The molecule has 0 aromatic heterocycles. The molecule has 1 saturated heterocycles. The molecule has 2 aliphatic heterocycles. The third-order valence-corrected chi connectivity index (χ3v) is 8.57. The first kappa shape index (κ1) is 31.1. The maximum atomic E-state index is 14.1. The molecule has 41 heavy (non-hydrogen) atoms. The van der Waals surface area contributed by atoms with Gasteiger partial charge in [-0.2, -0.15) is 0 Å². The van der Waals surface area contributed by atoms with Gasteiger partial charge in [-0.1, -0.05) is 59.6 Å². The molecule has 2 N–H and O–H groups in total. The van der Waals surface area contributed by atoms with E-state index in [1.165, 1.54) is 12.1 Å². The number of rotatable bonds is 8. The Morgan fingerprint density at radius 3 is 2.51 bits per heavy atom. The second kappa shape index (κ2) is 13.4. The summed E-state index contributed by atoms with van der Waals surface area (Å²) in [6, 6.07) is 19.7. The summed E-state index contributed by atoms with van der Waals surface area (Å²) in [6.45, 7) is 3.94. The quantitative estimate of drug-likeness (QED) is 0.277. The molecule has 0 aliphatic carbocycles. The minimum atomic E-state index is -0.858. The fourth-order valence-electron chi connectivity index (χ4n) is 5.73. The molecule has 2 amide bonds. The van der Waals surface area contributed by atoms with Crippen LogP contribution >= 0.6 is 35.6 Å². The number of carbonyl (C=O) groups is 2. The Hall–Kier alpha value is -2.84. The summed E-state index contributed by atoms with van der Waals surface area (Å²) in [6.07, 6.45) is 1.85. The van der Waals surface area contributed by atoms with E-state index in [9.17, 15) is 14.0 Å². The summed E-state index contributed by atoms with van der Waals surface area (Å²) in [5, 5.41) is 6.71. The molecule has 218 valence electrons. The van der Waals surface area contributed by atoms with Gasteiger partial charge in [0, 0.05) is 37.5 Å². The third-order valence-electron chi connectivity index (χ3n) is 7.83. The first-order valence-corrected chi connectivity index (χ1v) is 14.3. The Morgan fingerprint density at radius 1 is 1.07 bits per heavy atom. The first-order valence-electron chi connectivity index (χ1n) is 13.5. The van der Waals surface area contributed by atoms with Crippen LogP contribution in [0.2, 0.25) is 10.0 Å². The molecule has 6 nitrogen and oxygen atoms in total. The van der Waals surface area contributed by atoms with Crippen molar-refractivity contribution in [2.24, 2.45) is 0 Å². The molecule has 2 heterocycles. The van der Waals surface area contributed by atoms with Gasteiger partial charge in [0.2, 0.25) is 5.91 Å². The smallest absolute Gasteiger partial charge is 0.412 e. The van der Waals surface area contributed by atoms with Gasteiger partial charge in [-0.05, 0) is 67.8 Å². The largest absolute Gasteiger partial charge is 0.438 e. The number of nitrogens with one attached hydrogen (secondary N) is 2. The summed E-state index contributed by atoms with van der Waals surface area (Å²) in [5.74, 6) is -0.848. The van der Waals surface area contributed by atoms with Gasteiger partial charge in [0.1, 0.15) is 11.4 Å². The van der Waals surface area contributed by atoms with Gasteiger partial charge < -0.3 is 15.0 Å². The van der Waals surface area contributed by atoms with Gasteiger partial charge in [0.15, 0.2) is 0 Å². The van der Waals surface area contributed by atoms with Crippen LogP contribution in [-0.4, -0.2) is 42.6 Å². The highest BCUT2D eigenvalue weighted by Crippen LogP contribution is 2.44. The third kappa shape index (κ3) is 7.33. The van der Waals surface area contributed by atoms with E-state index >= 15 is 0 Å². The van der Waals surface area contributed by atoms with Crippen molar-refractivity contribution in [1.82, 2.24) is 10.2 Å².